The summed E-state index contributed by atoms with van der Waals surface area (Å²) in [6, 6.07) is 4.60. The van der Waals surface area contributed by atoms with Gasteiger partial charge in [-0.25, -0.2) is 14.6 Å². The summed E-state index contributed by atoms with van der Waals surface area (Å²) in [6.07, 6.45) is -0.663. The molecule has 1 aliphatic rings. The Morgan fingerprint density at radius 1 is 1.06 bits per heavy atom. The van der Waals surface area contributed by atoms with Gasteiger partial charge in [-0.05, 0) is 59.9 Å². The highest BCUT2D eigenvalue weighted by Gasteiger charge is 2.36. The molecule has 0 spiro atoms. The number of imidazole rings is 1. The molecule has 1 heterocycles. The number of benzene rings is 1. The number of non-ortho nitro benzene ring substituents is 1. The maximum absolute atomic E-state index is 12.8. The molecule has 10 heteroatoms. The minimum atomic E-state index is -0.938. The van der Waals surface area contributed by atoms with E-state index in [1.807, 2.05) is 0 Å². The fourth-order valence-corrected chi connectivity index (χ4v) is 3.14. The second-order valence-corrected chi connectivity index (χ2v) is 9.28. The highest BCUT2D eigenvalue weighted by atomic mass is 16.6. The monoisotopic (exact) mass is 430 g/mol. The summed E-state index contributed by atoms with van der Waals surface area (Å²) in [5.41, 5.74) is 0.848. The number of aromatic amines is 1. The number of nitro groups is 1. The van der Waals surface area contributed by atoms with E-state index >= 15 is 0 Å². The van der Waals surface area contributed by atoms with Crippen LogP contribution in [0.5, 0.6) is 0 Å². The second-order valence-electron chi connectivity index (χ2n) is 9.28. The van der Waals surface area contributed by atoms with Crippen molar-refractivity contribution in [1.29, 1.82) is 0 Å². The Balaban J connectivity index is 2.06. The quantitative estimate of drug-likeness (QED) is 0.537. The first-order valence-corrected chi connectivity index (χ1v) is 9.88. The lowest BCUT2D eigenvalue weighted by Gasteiger charge is -2.27. The molecule has 1 aromatic carbocycles. The van der Waals surface area contributed by atoms with Crippen LogP contribution in [0, 0.1) is 10.1 Å². The highest BCUT2D eigenvalue weighted by Crippen LogP contribution is 2.36. The molecule has 0 saturated carbocycles. The Morgan fingerprint density at radius 2 is 1.65 bits per heavy atom. The van der Waals surface area contributed by atoms with Gasteiger partial charge in [0, 0.05) is 23.4 Å². The number of anilines is 1. The Labute approximate surface area is 179 Å². The average Bonchev–Trinajstić information content (AvgIpc) is 3.02. The lowest BCUT2D eigenvalue weighted by molar-refractivity contribution is -0.384. The predicted octanol–water partition coefficient (Wildman–Crippen LogP) is 4.76. The van der Waals surface area contributed by atoms with Crippen LogP contribution in [0.15, 0.2) is 18.2 Å². The van der Waals surface area contributed by atoms with Gasteiger partial charge < -0.3 is 14.5 Å². The molecule has 0 atom stereocenters. The van der Waals surface area contributed by atoms with E-state index in [4.69, 9.17) is 9.47 Å². The first-order valence-electron chi connectivity index (χ1n) is 9.88. The van der Waals surface area contributed by atoms with E-state index in [0.29, 0.717) is 34.7 Å². The van der Waals surface area contributed by atoms with Crippen molar-refractivity contribution in [3.8, 4) is 11.3 Å². The van der Waals surface area contributed by atoms with Gasteiger partial charge in [0.1, 0.15) is 11.2 Å². The summed E-state index contributed by atoms with van der Waals surface area (Å²) in [6.45, 7) is 10.1. The number of hydrogen-bond acceptors (Lipinski definition) is 7. The summed E-state index contributed by atoms with van der Waals surface area (Å²) >= 11 is 0. The van der Waals surface area contributed by atoms with Crippen molar-refractivity contribution in [2.75, 3.05) is 4.90 Å². The molecule has 0 saturated heterocycles. The predicted molar refractivity (Wildman–Crippen MR) is 113 cm³/mol. The number of amides is 2. The first kappa shape index (κ1) is 22.3. The number of aryl methyl sites for hydroxylation is 2. The van der Waals surface area contributed by atoms with E-state index in [-0.39, 0.29) is 11.6 Å². The maximum atomic E-state index is 12.8. The third-order valence-electron chi connectivity index (χ3n) is 4.33. The number of nitro benzene ring substituents is 1. The van der Waals surface area contributed by atoms with E-state index < -0.39 is 28.3 Å². The van der Waals surface area contributed by atoms with E-state index in [1.165, 1.54) is 12.1 Å². The first-order chi connectivity index (χ1) is 14.2. The Hall–Kier alpha value is -3.43. The molecule has 2 amide bonds. The van der Waals surface area contributed by atoms with Gasteiger partial charge in [-0.1, -0.05) is 6.07 Å². The standard InChI is InChI=1S/C21H26N4O6/c1-20(2,3)30-18(26)24(19(27)31-21(4,5)6)17-22-15-10-8-12-7-9-13(25(28)29)11-14(12)16(15)23-17/h7,9,11H,8,10H2,1-6H3,(H,22,23). The number of fused-ring (bicyclic) bond motifs is 3. The fraction of sp³-hybridized carbons (Fsp3) is 0.476. The van der Waals surface area contributed by atoms with Gasteiger partial charge in [-0.15, -0.1) is 4.90 Å². The van der Waals surface area contributed by atoms with Crippen molar-refractivity contribution in [2.24, 2.45) is 0 Å². The van der Waals surface area contributed by atoms with Gasteiger partial charge in [-0.2, -0.15) is 0 Å². The summed E-state index contributed by atoms with van der Waals surface area (Å²) < 4.78 is 10.8. The zero-order valence-corrected chi connectivity index (χ0v) is 18.4. The Morgan fingerprint density at radius 3 is 2.16 bits per heavy atom. The maximum Gasteiger partial charge on any atom is 0.427 e. The van der Waals surface area contributed by atoms with Crippen molar-refractivity contribution in [1.82, 2.24) is 9.97 Å². The van der Waals surface area contributed by atoms with Gasteiger partial charge in [0.25, 0.3) is 5.69 Å². The molecule has 2 aromatic rings. The van der Waals surface area contributed by atoms with Gasteiger partial charge in [-0.3, -0.25) is 10.1 Å². The number of ether oxygens (including phenoxy) is 2. The number of imide groups is 1. The van der Waals surface area contributed by atoms with Crippen LogP contribution < -0.4 is 4.90 Å². The van der Waals surface area contributed by atoms with Crippen LogP contribution in [0.4, 0.5) is 21.2 Å². The molecular formula is C21H26N4O6. The zero-order chi connectivity index (χ0) is 23.1. The largest absolute Gasteiger partial charge is 0.443 e. The lowest BCUT2D eigenvalue weighted by Crippen LogP contribution is -2.44. The van der Waals surface area contributed by atoms with Crippen LogP contribution in [-0.4, -0.2) is 38.3 Å². The number of carbonyl (C=O) groups is 2. The van der Waals surface area contributed by atoms with E-state index in [9.17, 15) is 19.7 Å². The molecule has 31 heavy (non-hydrogen) atoms. The number of carbonyl (C=O) groups excluding carboxylic acids is 2. The number of nitrogens with one attached hydrogen (secondary N) is 1. The Bertz CT molecular complexity index is 1020. The van der Waals surface area contributed by atoms with Crippen molar-refractivity contribution < 1.29 is 24.0 Å². The van der Waals surface area contributed by atoms with Crippen LogP contribution in [0.2, 0.25) is 0 Å². The molecule has 3 rings (SSSR count). The molecule has 0 radical (unpaired) electrons. The van der Waals surface area contributed by atoms with Crippen LogP contribution in [-0.2, 0) is 22.3 Å². The topological polar surface area (TPSA) is 128 Å². The van der Waals surface area contributed by atoms with Crippen LogP contribution in [0.25, 0.3) is 11.3 Å². The SMILES string of the molecule is CC(C)(C)OC(=O)N(C(=O)OC(C)(C)C)c1nc2c([nH]1)CCc1ccc([N+](=O)[O-])cc1-2. The van der Waals surface area contributed by atoms with Crippen LogP contribution in [0.3, 0.4) is 0 Å². The van der Waals surface area contributed by atoms with E-state index in [1.54, 1.807) is 47.6 Å². The summed E-state index contributed by atoms with van der Waals surface area (Å²) in [5, 5.41) is 11.2. The number of nitrogens with zero attached hydrogens (tertiary/aromatic N) is 3. The third-order valence-corrected chi connectivity index (χ3v) is 4.33. The van der Waals surface area contributed by atoms with E-state index in [2.05, 4.69) is 9.97 Å². The molecule has 1 aromatic heterocycles. The fourth-order valence-electron chi connectivity index (χ4n) is 3.14. The molecule has 1 N–H and O–H groups in total. The number of H-pyrrole nitrogens is 1. The van der Waals surface area contributed by atoms with Crippen molar-refractivity contribution >= 4 is 23.8 Å². The summed E-state index contributed by atoms with van der Waals surface area (Å²) in [4.78, 5) is 44.6. The third kappa shape index (κ3) is 5.01. The molecule has 0 fully saturated rings. The molecule has 0 unspecified atom stereocenters. The van der Waals surface area contributed by atoms with Crippen LogP contribution in [0.1, 0.15) is 52.8 Å². The Kier molecular flexibility index (Phi) is 5.51. The van der Waals surface area contributed by atoms with Crippen molar-refractivity contribution in [3.05, 3.63) is 39.6 Å². The molecule has 0 aliphatic heterocycles. The van der Waals surface area contributed by atoms with Crippen LogP contribution >= 0.6 is 0 Å². The molecule has 0 bridgehead atoms. The van der Waals surface area contributed by atoms with Gasteiger partial charge in [0.05, 0.1) is 10.6 Å². The number of aromatic nitrogens is 2. The minimum absolute atomic E-state index is 0.0622. The van der Waals surface area contributed by atoms with Crippen molar-refractivity contribution in [2.45, 2.75) is 65.6 Å². The smallest absolute Gasteiger partial charge is 0.427 e. The van der Waals surface area contributed by atoms with Gasteiger partial charge >= 0.3 is 12.2 Å². The highest BCUT2D eigenvalue weighted by molar-refractivity contribution is 6.08. The molecule has 1 aliphatic carbocycles. The normalized spacial score (nSPS) is 13.1. The number of hydrogen-bond donors (Lipinski definition) is 1. The molecular weight excluding hydrogens is 404 g/mol. The second kappa shape index (κ2) is 7.68. The molecule has 166 valence electrons. The lowest BCUT2D eigenvalue weighted by atomic mass is 9.92. The van der Waals surface area contributed by atoms with Gasteiger partial charge in [0.2, 0.25) is 5.95 Å². The summed E-state index contributed by atoms with van der Waals surface area (Å²) in [7, 11) is 0. The van der Waals surface area contributed by atoms with E-state index in [0.717, 1.165) is 5.56 Å². The summed E-state index contributed by atoms with van der Waals surface area (Å²) in [5.74, 6) is -0.0622. The number of rotatable bonds is 2. The van der Waals surface area contributed by atoms with Crippen molar-refractivity contribution in [3.63, 3.8) is 0 Å². The zero-order valence-electron chi connectivity index (χ0n) is 18.4. The minimum Gasteiger partial charge on any atom is -0.443 e. The average molecular weight is 430 g/mol. The molecule has 10 nitrogen and oxygen atoms in total. The van der Waals surface area contributed by atoms with Gasteiger partial charge in [0.15, 0.2) is 0 Å².